The zero-order valence-corrected chi connectivity index (χ0v) is 15.5. The van der Waals surface area contributed by atoms with Crippen molar-refractivity contribution in [2.24, 2.45) is 0 Å². The standard InChI is InChI=1S/C19H16N4OS2/c1-2-9-22(14-6-4-3-5-7-14)18(24)12-26-19-16-11-17-15(8-10-25-17)23(16)13-20-21-19/h2-8,10-11,13H,1,9,12H2. The maximum absolute atomic E-state index is 12.8. The summed E-state index contributed by atoms with van der Waals surface area (Å²) in [6.45, 7) is 4.23. The van der Waals surface area contributed by atoms with Crippen molar-refractivity contribution in [3.63, 3.8) is 0 Å². The lowest BCUT2D eigenvalue weighted by Gasteiger charge is -2.21. The smallest absolute Gasteiger partial charge is 0.237 e. The van der Waals surface area contributed by atoms with Crippen LogP contribution in [-0.4, -0.2) is 32.8 Å². The molecule has 0 bridgehead atoms. The van der Waals surface area contributed by atoms with Crippen molar-refractivity contribution >= 4 is 50.4 Å². The molecule has 0 unspecified atom stereocenters. The first kappa shape index (κ1) is 16.8. The lowest BCUT2D eigenvalue weighted by Crippen LogP contribution is -2.32. The van der Waals surface area contributed by atoms with Gasteiger partial charge in [-0.15, -0.1) is 28.1 Å². The van der Waals surface area contributed by atoms with E-state index in [0.29, 0.717) is 6.54 Å². The van der Waals surface area contributed by atoms with Gasteiger partial charge in [0.15, 0.2) is 0 Å². The molecule has 7 heteroatoms. The van der Waals surface area contributed by atoms with E-state index in [1.54, 1.807) is 28.6 Å². The van der Waals surface area contributed by atoms with Crippen LogP contribution in [0.1, 0.15) is 0 Å². The first-order valence-electron chi connectivity index (χ1n) is 8.07. The number of thiophene rings is 1. The number of benzene rings is 1. The molecule has 0 aliphatic rings. The molecule has 5 nitrogen and oxygen atoms in total. The van der Waals surface area contributed by atoms with E-state index in [2.05, 4.69) is 34.3 Å². The van der Waals surface area contributed by atoms with Gasteiger partial charge in [-0.25, -0.2) is 0 Å². The molecule has 0 saturated carbocycles. The molecule has 0 radical (unpaired) electrons. The number of para-hydroxylation sites is 1. The Hall–Kier alpha value is -2.64. The third-order valence-corrected chi connectivity index (χ3v) is 5.82. The molecular formula is C19H16N4OS2. The zero-order chi connectivity index (χ0) is 17.9. The predicted octanol–water partition coefficient (Wildman–Crippen LogP) is 4.26. The first-order chi connectivity index (χ1) is 12.8. The number of fused-ring (bicyclic) bond motifs is 3. The van der Waals surface area contributed by atoms with Crippen LogP contribution in [0.5, 0.6) is 0 Å². The third kappa shape index (κ3) is 3.11. The molecule has 130 valence electrons. The molecule has 4 aromatic rings. The SMILES string of the molecule is C=CCN(C(=O)CSc1nncn2c1cc1sccc12)c1ccccc1. The van der Waals surface area contributed by atoms with Crippen molar-refractivity contribution in [3.8, 4) is 0 Å². The van der Waals surface area contributed by atoms with E-state index in [1.165, 1.54) is 16.5 Å². The molecule has 1 aromatic carbocycles. The number of carbonyl (C=O) groups excluding carboxylic acids is 1. The summed E-state index contributed by atoms with van der Waals surface area (Å²) < 4.78 is 3.20. The number of hydrogen-bond donors (Lipinski definition) is 0. The van der Waals surface area contributed by atoms with E-state index in [1.807, 2.05) is 34.7 Å². The Morgan fingerprint density at radius 3 is 2.92 bits per heavy atom. The maximum Gasteiger partial charge on any atom is 0.237 e. The van der Waals surface area contributed by atoms with Gasteiger partial charge in [-0.3, -0.25) is 9.20 Å². The summed E-state index contributed by atoms with van der Waals surface area (Å²) in [7, 11) is 0. The molecule has 3 heterocycles. The number of anilines is 1. The summed E-state index contributed by atoms with van der Waals surface area (Å²) in [5.41, 5.74) is 2.96. The Balaban J connectivity index is 1.57. The summed E-state index contributed by atoms with van der Waals surface area (Å²) in [4.78, 5) is 14.5. The number of aromatic nitrogens is 3. The van der Waals surface area contributed by atoms with Crippen LogP contribution in [0.15, 0.2) is 71.9 Å². The molecule has 1 amide bonds. The Morgan fingerprint density at radius 1 is 1.27 bits per heavy atom. The van der Waals surface area contributed by atoms with Gasteiger partial charge < -0.3 is 4.90 Å². The van der Waals surface area contributed by atoms with Gasteiger partial charge >= 0.3 is 0 Å². The summed E-state index contributed by atoms with van der Waals surface area (Å²) in [5, 5.41) is 11.1. The predicted molar refractivity (Wildman–Crippen MR) is 108 cm³/mol. The van der Waals surface area contributed by atoms with E-state index >= 15 is 0 Å². The van der Waals surface area contributed by atoms with Crippen molar-refractivity contribution in [2.75, 3.05) is 17.2 Å². The zero-order valence-electron chi connectivity index (χ0n) is 13.9. The molecule has 0 fully saturated rings. The normalized spacial score (nSPS) is 11.1. The van der Waals surface area contributed by atoms with Crippen LogP contribution in [0.3, 0.4) is 0 Å². The number of amides is 1. The van der Waals surface area contributed by atoms with E-state index in [-0.39, 0.29) is 11.7 Å². The number of carbonyl (C=O) groups is 1. The number of hydrogen-bond acceptors (Lipinski definition) is 5. The van der Waals surface area contributed by atoms with E-state index in [4.69, 9.17) is 0 Å². The lowest BCUT2D eigenvalue weighted by molar-refractivity contribution is -0.116. The van der Waals surface area contributed by atoms with Crippen LogP contribution < -0.4 is 4.90 Å². The van der Waals surface area contributed by atoms with E-state index < -0.39 is 0 Å². The van der Waals surface area contributed by atoms with E-state index in [9.17, 15) is 4.79 Å². The Morgan fingerprint density at radius 2 is 2.12 bits per heavy atom. The largest absolute Gasteiger partial charge is 0.308 e. The maximum atomic E-state index is 12.8. The third-order valence-electron chi connectivity index (χ3n) is 4.01. The van der Waals surface area contributed by atoms with Crippen molar-refractivity contribution in [3.05, 3.63) is 66.8 Å². The van der Waals surface area contributed by atoms with Gasteiger partial charge in [0.2, 0.25) is 5.91 Å². The van der Waals surface area contributed by atoms with Gasteiger partial charge in [0, 0.05) is 12.2 Å². The van der Waals surface area contributed by atoms with Gasteiger partial charge in [0.25, 0.3) is 0 Å². The molecule has 26 heavy (non-hydrogen) atoms. The number of rotatable bonds is 6. The monoisotopic (exact) mass is 380 g/mol. The highest BCUT2D eigenvalue weighted by Gasteiger charge is 2.17. The molecule has 0 spiro atoms. The highest BCUT2D eigenvalue weighted by atomic mass is 32.2. The van der Waals surface area contributed by atoms with Crippen LogP contribution >= 0.6 is 23.1 Å². The lowest BCUT2D eigenvalue weighted by atomic mass is 10.3. The second-order valence-corrected chi connectivity index (χ2v) is 7.53. The summed E-state index contributed by atoms with van der Waals surface area (Å²) in [6, 6.07) is 13.8. The van der Waals surface area contributed by atoms with Crippen LogP contribution in [0, 0.1) is 0 Å². The van der Waals surface area contributed by atoms with Crippen LogP contribution in [0.25, 0.3) is 15.7 Å². The Labute approximate surface area is 159 Å². The van der Waals surface area contributed by atoms with Crippen molar-refractivity contribution in [1.29, 1.82) is 0 Å². The fraction of sp³-hybridized carbons (Fsp3) is 0.105. The van der Waals surface area contributed by atoms with E-state index in [0.717, 1.165) is 21.7 Å². The van der Waals surface area contributed by atoms with Gasteiger partial charge in [0.1, 0.15) is 11.4 Å². The first-order valence-corrected chi connectivity index (χ1v) is 9.93. The average molecular weight is 380 g/mol. The Kier molecular flexibility index (Phi) is 4.73. The van der Waals surface area contributed by atoms with Crippen molar-refractivity contribution in [1.82, 2.24) is 14.6 Å². The molecule has 0 aliphatic carbocycles. The minimum atomic E-state index is 0.0123. The summed E-state index contributed by atoms with van der Waals surface area (Å²) in [6.07, 6.45) is 3.45. The average Bonchev–Trinajstić information content (AvgIpc) is 3.26. The van der Waals surface area contributed by atoms with Gasteiger partial charge in [-0.1, -0.05) is 36.0 Å². The second-order valence-electron chi connectivity index (χ2n) is 5.62. The molecule has 0 saturated heterocycles. The number of thioether (sulfide) groups is 1. The molecule has 0 N–H and O–H groups in total. The molecule has 0 atom stereocenters. The fourth-order valence-electron chi connectivity index (χ4n) is 2.81. The number of nitrogens with zero attached hydrogens (tertiary/aromatic N) is 4. The van der Waals surface area contributed by atoms with Gasteiger partial charge in [-0.05, 0) is 29.6 Å². The highest BCUT2D eigenvalue weighted by Crippen LogP contribution is 2.30. The minimum absolute atomic E-state index is 0.0123. The fourth-order valence-corrected chi connectivity index (χ4v) is 4.45. The van der Waals surface area contributed by atoms with Crippen LogP contribution in [0.4, 0.5) is 5.69 Å². The highest BCUT2D eigenvalue weighted by molar-refractivity contribution is 8.00. The van der Waals surface area contributed by atoms with Gasteiger partial charge in [-0.2, -0.15) is 0 Å². The van der Waals surface area contributed by atoms with Crippen molar-refractivity contribution < 1.29 is 4.79 Å². The van der Waals surface area contributed by atoms with Crippen LogP contribution in [0.2, 0.25) is 0 Å². The van der Waals surface area contributed by atoms with Crippen LogP contribution in [-0.2, 0) is 4.79 Å². The Bertz CT molecular complexity index is 1070. The summed E-state index contributed by atoms with van der Waals surface area (Å²) in [5.74, 6) is 0.300. The topological polar surface area (TPSA) is 50.5 Å². The molecule has 4 rings (SSSR count). The molecule has 3 aromatic heterocycles. The quantitative estimate of drug-likeness (QED) is 0.371. The summed E-state index contributed by atoms with van der Waals surface area (Å²) >= 11 is 3.09. The molecule has 0 aliphatic heterocycles. The molecular weight excluding hydrogens is 364 g/mol. The second kappa shape index (κ2) is 7.31. The van der Waals surface area contributed by atoms with Crippen molar-refractivity contribution in [2.45, 2.75) is 5.03 Å². The minimum Gasteiger partial charge on any atom is -0.308 e. The van der Waals surface area contributed by atoms with Gasteiger partial charge in [0.05, 0.1) is 21.5 Å².